The van der Waals surface area contributed by atoms with Crippen LogP contribution in [0.2, 0.25) is 0 Å². The van der Waals surface area contributed by atoms with Gasteiger partial charge in [0.05, 0.1) is 6.61 Å². The first-order valence-electron chi connectivity index (χ1n) is 9.43. The summed E-state index contributed by atoms with van der Waals surface area (Å²) in [6.45, 7) is 0.892. The van der Waals surface area contributed by atoms with Crippen LogP contribution in [0.15, 0.2) is 29.2 Å². The largest absolute Gasteiger partial charge is 0.502 e. The topological polar surface area (TPSA) is 121 Å². The Kier molecular flexibility index (Phi) is 6.53. The molecule has 3 amide bonds. The van der Waals surface area contributed by atoms with E-state index in [9.17, 15) is 33.1 Å². The summed E-state index contributed by atoms with van der Waals surface area (Å²) in [5.41, 5.74) is -2.22. The molecule has 0 aliphatic carbocycles. The third-order valence-corrected chi connectivity index (χ3v) is 4.85. The van der Waals surface area contributed by atoms with Crippen LogP contribution >= 0.6 is 0 Å². The zero-order valence-corrected chi connectivity index (χ0v) is 17.2. The van der Waals surface area contributed by atoms with E-state index in [-0.39, 0.29) is 31.9 Å². The van der Waals surface area contributed by atoms with Gasteiger partial charge in [-0.15, -0.1) is 0 Å². The molecule has 1 aliphatic rings. The van der Waals surface area contributed by atoms with Crippen molar-refractivity contribution in [3.05, 3.63) is 63.1 Å². The Labute approximate surface area is 180 Å². The Hall–Kier alpha value is -3.80. The molecule has 2 N–H and O–H groups in total. The number of halogens is 2. The summed E-state index contributed by atoms with van der Waals surface area (Å²) < 4.78 is 32.7. The molecular formula is C20H20F2N4O6. The number of nitrogens with zero attached hydrogens (tertiary/aromatic N) is 3. The van der Waals surface area contributed by atoms with Crippen molar-refractivity contribution in [3.8, 4) is 5.75 Å². The number of amides is 3. The number of carbonyl (C=O) groups excluding carboxylic acids is 3. The number of aromatic hydroxyl groups is 1. The number of benzene rings is 1. The van der Waals surface area contributed by atoms with Crippen LogP contribution in [-0.4, -0.2) is 59.3 Å². The molecule has 1 aromatic heterocycles. The quantitative estimate of drug-likeness (QED) is 0.653. The number of pyridine rings is 1. The van der Waals surface area contributed by atoms with Gasteiger partial charge in [-0.05, 0) is 6.07 Å². The van der Waals surface area contributed by atoms with Gasteiger partial charge in [-0.25, -0.2) is 18.5 Å². The zero-order valence-electron chi connectivity index (χ0n) is 17.2. The number of aromatic nitrogens is 1. The number of hydrogen-bond donors (Lipinski definition) is 2. The van der Waals surface area contributed by atoms with Gasteiger partial charge < -0.3 is 20.1 Å². The van der Waals surface area contributed by atoms with Crippen molar-refractivity contribution in [2.75, 3.05) is 31.9 Å². The smallest absolute Gasteiger partial charge is 0.278 e. The summed E-state index contributed by atoms with van der Waals surface area (Å²) in [6.07, 6.45) is 0.959. The average molecular weight is 450 g/mol. The Morgan fingerprint density at radius 2 is 1.97 bits per heavy atom. The molecule has 0 radical (unpaired) electrons. The van der Waals surface area contributed by atoms with E-state index in [1.165, 1.54) is 18.9 Å². The SMILES string of the molecule is COCCN1CN(C(C)=O)n2cc(C(=O)NCc3ccc(F)cc3F)c(=O)c(O)c2C1=O. The van der Waals surface area contributed by atoms with Crippen molar-refractivity contribution in [2.45, 2.75) is 13.5 Å². The summed E-state index contributed by atoms with van der Waals surface area (Å²) >= 11 is 0. The van der Waals surface area contributed by atoms with Crippen LogP contribution in [0.3, 0.4) is 0 Å². The molecule has 10 nitrogen and oxygen atoms in total. The summed E-state index contributed by atoms with van der Waals surface area (Å²) in [6, 6.07) is 2.79. The van der Waals surface area contributed by atoms with E-state index in [0.29, 0.717) is 6.07 Å². The minimum atomic E-state index is -1.14. The van der Waals surface area contributed by atoms with Crippen molar-refractivity contribution >= 4 is 17.7 Å². The molecule has 3 rings (SSSR count). The van der Waals surface area contributed by atoms with Crippen molar-refractivity contribution in [2.24, 2.45) is 0 Å². The maximum absolute atomic E-state index is 13.8. The number of hydrogen-bond acceptors (Lipinski definition) is 6. The van der Waals surface area contributed by atoms with E-state index >= 15 is 0 Å². The van der Waals surface area contributed by atoms with Gasteiger partial charge in [0.2, 0.25) is 11.3 Å². The van der Waals surface area contributed by atoms with Crippen molar-refractivity contribution in [1.82, 2.24) is 14.9 Å². The highest BCUT2D eigenvalue weighted by atomic mass is 19.1. The van der Waals surface area contributed by atoms with Gasteiger partial charge in [0.25, 0.3) is 11.8 Å². The van der Waals surface area contributed by atoms with Gasteiger partial charge in [0.15, 0.2) is 11.4 Å². The third kappa shape index (κ3) is 4.30. The van der Waals surface area contributed by atoms with Crippen molar-refractivity contribution in [1.29, 1.82) is 0 Å². The number of ether oxygens (including phenoxy) is 1. The molecule has 0 unspecified atom stereocenters. The highest BCUT2D eigenvalue weighted by Crippen LogP contribution is 2.21. The second kappa shape index (κ2) is 9.14. The van der Waals surface area contributed by atoms with Crippen LogP contribution in [0.5, 0.6) is 5.75 Å². The molecule has 0 saturated heterocycles. The molecular weight excluding hydrogens is 430 g/mol. The Bertz CT molecular complexity index is 1150. The molecule has 32 heavy (non-hydrogen) atoms. The lowest BCUT2D eigenvalue weighted by Crippen LogP contribution is -2.56. The first-order valence-corrected chi connectivity index (χ1v) is 9.43. The fourth-order valence-corrected chi connectivity index (χ4v) is 3.15. The Morgan fingerprint density at radius 3 is 2.59 bits per heavy atom. The number of carbonyl (C=O) groups is 3. The average Bonchev–Trinajstić information content (AvgIpc) is 2.74. The molecule has 0 fully saturated rings. The highest BCUT2D eigenvalue weighted by molar-refractivity contribution is 6.01. The van der Waals surface area contributed by atoms with Crippen molar-refractivity contribution in [3.63, 3.8) is 0 Å². The predicted molar refractivity (Wildman–Crippen MR) is 107 cm³/mol. The number of rotatable bonds is 6. The molecule has 170 valence electrons. The lowest BCUT2D eigenvalue weighted by Gasteiger charge is -2.37. The monoisotopic (exact) mass is 450 g/mol. The molecule has 1 aliphatic heterocycles. The molecule has 12 heteroatoms. The summed E-state index contributed by atoms with van der Waals surface area (Å²) in [5.74, 6) is -4.92. The first-order chi connectivity index (χ1) is 15.1. The highest BCUT2D eigenvalue weighted by Gasteiger charge is 2.35. The van der Waals surface area contributed by atoms with Gasteiger partial charge in [0.1, 0.15) is 23.9 Å². The van der Waals surface area contributed by atoms with Crippen molar-refractivity contribution < 1.29 is 33.0 Å². The molecule has 0 spiro atoms. The summed E-state index contributed by atoms with van der Waals surface area (Å²) in [5, 5.41) is 13.8. The second-order valence-corrected chi connectivity index (χ2v) is 6.95. The number of methoxy groups -OCH3 is 1. The van der Waals surface area contributed by atoms with E-state index in [2.05, 4.69) is 5.32 Å². The van der Waals surface area contributed by atoms with E-state index in [1.54, 1.807) is 0 Å². The second-order valence-electron chi connectivity index (χ2n) is 6.95. The van der Waals surface area contributed by atoms with Gasteiger partial charge >= 0.3 is 0 Å². The van der Waals surface area contributed by atoms with Gasteiger partial charge in [0, 0.05) is 44.9 Å². The number of fused-ring (bicyclic) bond motifs is 1. The van der Waals surface area contributed by atoms with Gasteiger partial charge in [-0.1, -0.05) is 6.07 Å². The fourth-order valence-electron chi connectivity index (χ4n) is 3.15. The maximum Gasteiger partial charge on any atom is 0.278 e. The minimum absolute atomic E-state index is 0.0311. The van der Waals surface area contributed by atoms with Crippen LogP contribution in [0.25, 0.3) is 0 Å². The molecule has 0 atom stereocenters. The van der Waals surface area contributed by atoms with E-state index < -0.39 is 51.8 Å². The standard InChI is InChI=1S/C20H20F2N4O6/c1-11(27)26-10-24(5-6-32-2)20(31)16-18(29)17(28)14(9-25(16)26)19(30)23-8-12-3-4-13(21)7-15(12)22/h3-4,7,9,29H,5-6,8,10H2,1-2H3,(H,23,30). The lowest BCUT2D eigenvalue weighted by molar-refractivity contribution is -0.118. The van der Waals surface area contributed by atoms with Crippen LogP contribution in [0.4, 0.5) is 8.78 Å². The van der Waals surface area contributed by atoms with Gasteiger partial charge in [-0.2, -0.15) is 0 Å². The Balaban J connectivity index is 1.96. The molecule has 1 aromatic carbocycles. The fraction of sp³-hybridized carbons (Fsp3) is 0.300. The lowest BCUT2D eigenvalue weighted by atomic mass is 10.1. The van der Waals surface area contributed by atoms with Crippen LogP contribution in [-0.2, 0) is 16.1 Å². The molecule has 0 bridgehead atoms. The van der Waals surface area contributed by atoms with E-state index in [1.807, 2.05) is 0 Å². The van der Waals surface area contributed by atoms with Crippen LogP contribution in [0, 0.1) is 11.6 Å². The Morgan fingerprint density at radius 1 is 1.25 bits per heavy atom. The first kappa shape index (κ1) is 22.9. The molecule has 2 heterocycles. The minimum Gasteiger partial charge on any atom is -0.502 e. The predicted octanol–water partition coefficient (Wildman–Crippen LogP) is 0.306. The molecule has 2 aromatic rings. The van der Waals surface area contributed by atoms with Crippen LogP contribution in [0.1, 0.15) is 33.3 Å². The zero-order chi connectivity index (χ0) is 23.6. The maximum atomic E-state index is 13.8. The molecule has 0 saturated carbocycles. The van der Waals surface area contributed by atoms with Gasteiger partial charge in [-0.3, -0.25) is 19.2 Å². The van der Waals surface area contributed by atoms with Crippen LogP contribution < -0.4 is 15.8 Å². The summed E-state index contributed by atoms with van der Waals surface area (Å²) in [4.78, 5) is 51.3. The number of nitrogens with one attached hydrogen (secondary N) is 1. The normalized spacial score (nSPS) is 13.2. The summed E-state index contributed by atoms with van der Waals surface area (Å²) in [7, 11) is 1.43. The van der Waals surface area contributed by atoms with E-state index in [4.69, 9.17) is 4.74 Å². The van der Waals surface area contributed by atoms with E-state index in [0.717, 1.165) is 28.0 Å². The third-order valence-electron chi connectivity index (χ3n) is 4.85.